The Morgan fingerprint density at radius 3 is 2.78 bits per heavy atom. The standard InChI is InChI=1S/C25H25N7O7S2/c1-12-4-5-15-30(8-12)6-7-31(15)9-13-10-40-21-17(20(34)32(21)18(13)22(35)36)28-19(33)16(14-11-41-24(26)27-14)29-39-25(2,3)23(37)38/h4-8,11,17,21H,9-10H2,1-3H3,(H4-,26,27,28,33,35,36,37,38)/b29-16-/t17-,21-/m1/s1. The van der Waals surface area contributed by atoms with E-state index in [2.05, 4.69) is 15.5 Å². The minimum absolute atomic E-state index is 0.0238. The van der Waals surface area contributed by atoms with Crippen LogP contribution < -0.4 is 20.7 Å². The number of nitrogens with one attached hydrogen (secondary N) is 1. The fourth-order valence-electron chi connectivity index (χ4n) is 4.35. The molecule has 41 heavy (non-hydrogen) atoms. The number of amides is 2. The number of carboxylic acid groups (broad SMARTS) is 2. The molecule has 0 aromatic carbocycles. The number of fused-ring (bicyclic) bond motifs is 2. The molecule has 1 saturated heterocycles. The average molecular weight is 600 g/mol. The van der Waals surface area contributed by atoms with Gasteiger partial charge in [-0.1, -0.05) is 5.16 Å². The number of β-lactam (4-membered cyclic amide) rings is 1. The van der Waals surface area contributed by atoms with Crippen molar-refractivity contribution in [3.05, 3.63) is 58.6 Å². The fourth-order valence-corrected chi connectivity index (χ4v) is 6.24. The Balaban J connectivity index is 1.37. The zero-order chi connectivity index (χ0) is 29.6. The summed E-state index contributed by atoms with van der Waals surface area (Å²) in [7, 11) is 0. The van der Waals surface area contributed by atoms with Crippen LogP contribution >= 0.6 is 23.1 Å². The Labute approximate surface area is 241 Å². The highest BCUT2D eigenvalue weighted by atomic mass is 32.2. The molecule has 14 nitrogen and oxygen atoms in total. The maximum Gasteiger partial charge on any atom is 0.350 e. The van der Waals surface area contributed by atoms with Gasteiger partial charge in [-0.05, 0) is 32.4 Å². The zero-order valence-electron chi connectivity index (χ0n) is 22.1. The Hall–Kier alpha value is -4.44. The van der Waals surface area contributed by atoms with Crippen molar-refractivity contribution in [1.82, 2.24) is 19.6 Å². The predicted octanol–water partition coefficient (Wildman–Crippen LogP) is -0.738. The van der Waals surface area contributed by atoms with Crippen LogP contribution in [0.25, 0.3) is 5.65 Å². The van der Waals surface area contributed by atoms with Gasteiger partial charge in [0.1, 0.15) is 36.0 Å². The number of nitrogens with two attached hydrogens (primary N) is 1. The summed E-state index contributed by atoms with van der Waals surface area (Å²) in [5.41, 5.74) is 5.74. The molecule has 2 atom stereocenters. The quantitative estimate of drug-likeness (QED) is 0.122. The molecule has 0 radical (unpaired) electrons. The van der Waals surface area contributed by atoms with Crippen molar-refractivity contribution in [3.8, 4) is 0 Å². The molecule has 0 spiro atoms. The number of hydrogen-bond donors (Lipinski definition) is 3. The second-order valence-electron chi connectivity index (χ2n) is 9.92. The third kappa shape index (κ3) is 5.22. The number of nitrogen functional groups attached to an aromatic ring is 1. The summed E-state index contributed by atoms with van der Waals surface area (Å²) in [6, 6.07) is 2.79. The van der Waals surface area contributed by atoms with Crippen LogP contribution in [0.2, 0.25) is 0 Å². The van der Waals surface area contributed by atoms with Crippen molar-refractivity contribution in [2.75, 3.05) is 11.5 Å². The molecule has 5 rings (SSSR count). The summed E-state index contributed by atoms with van der Waals surface area (Å²) in [5, 5.41) is 28.7. The zero-order valence-corrected chi connectivity index (χ0v) is 23.7. The van der Waals surface area contributed by atoms with Crippen LogP contribution in [0, 0.1) is 6.92 Å². The number of hydrogen-bond acceptors (Lipinski definition) is 11. The molecule has 214 valence electrons. The Kier molecular flexibility index (Phi) is 7.21. The third-order valence-corrected chi connectivity index (χ3v) is 8.57. The molecule has 0 aliphatic carbocycles. The lowest BCUT2D eigenvalue weighted by atomic mass is 10.0. The van der Waals surface area contributed by atoms with Crippen LogP contribution in [0.1, 0.15) is 25.1 Å². The summed E-state index contributed by atoms with van der Waals surface area (Å²) < 4.78 is 3.80. The number of aliphatic carboxylic acids is 2. The van der Waals surface area contributed by atoms with E-state index in [0.29, 0.717) is 5.57 Å². The molecule has 5 heterocycles. The van der Waals surface area contributed by atoms with Gasteiger partial charge in [0.15, 0.2) is 10.8 Å². The van der Waals surface area contributed by atoms with E-state index in [1.165, 1.54) is 31.0 Å². The number of pyridine rings is 1. The van der Waals surface area contributed by atoms with Crippen molar-refractivity contribution in [1.29, 1.82) is 0 Å². The Bertz CT molecular complexity index is 1660. The second-order valence-corrected chi connectivity index (χ2v) is 11.9. The lowest BCUT2D eigenvalue weighted by molar-refractivity contribution is -0.662. The van der Waals surface area contributed by atoms with Gasteiger partial charge in [-0.15, -0.1) is 23.1 Å². The smallest absolute Gasteiger partial charge is 0.350 e. The molecule has 0 saturated carbocycles. The first-order valence-corrected chi connectivity index (χ1v) is 14.2. The van der Waals surface area contributed by atoms with Crippen LogP contribution in [-0.4, -0.2) is 71.6 Å². The van der Waals surface area contributed by atoms with E-state index in [1.807, 2.05) is 46.6 Å². The normalized spacial score (nSPS) is 19.1. The number of aromatic nitrogens is 3. The number of nitrogens with zero attached hydrogens (tertiary/aromatic N) is 5. The molecular weight excluding hydrogens is 574 g/mol. The molecular formula is C25H25N7O7S2. The first kappa shape index (κ1) is 28.1. The summed E-state index contributed by atoms with van der Waals surface area (Å²) >= 11 is 2.32. The van der Waals surface area contributed by atoms with Gasteiger partial charge in [0.05, 0.1) is 17.9 Å². The summed E-state index contributed by atoms with van der Waals surface area (Å²) in [5.74, 6) is -4.04. The highest BCUT2D eigenvalue weighted by Crippen LogP contribution is 2.40. The van der Waals surface area contributed by atoms with E-state index in [9.17, 15) is 29.4 Å². The molecule has 1 fully saturated rings. The van der Waals surface area contributed by atoms with Crippen molar-refractivity contribution in [2.45, 2.75) is 44.3 Å². The van der Waals surface area contributed by atoms with Crippen molar-refractivity contribution in [3.63, 3.8) is 0 Å². The van der Waals surface area contributed by atoms with Crippen molar-refractivity contribution < 1.29 is 38.8 Å². The van der Waals surface area contributed by atoms with Gasteiger partial charge in [-0.3, -0.25) is 14.5 Å². The lowest BCUT2D eigenvalue weighted by Gasteiger charge is -2.50. The molecule has 0 unspecified atom stereocenters. The number of thioether (sulfide) groups is 1. The summed E-state index contributed by atoms with van der Waals surface area (Å²) in [4.78, 5) is 60.3. The lowest BCUT2D eigenvalue weighted by Crippen LogP contribution is -2.71. The number of carbonyl (C=O) groups is 4. The van der Waals surface area contributed by atoms with Gasteiger partial charge in [-0.25, -0.2) is 18.7 Å². The number of carboxylic acids is 2. The molecule has 2 aliphatic rings. The van der Waals surface area contributed by atoms with E-state index in [1.54, 1.807) is 0 Å². The molecule has 2 amide bonds. The van der Waals surface area contributed by atoms with Crippen LogP contribution in [0.3, 0.4) is 0 Å². The van der Waals surface area contributed by atoms with Crippen LogP contribution in [-0.2, 0) is 30.6 Å². The van der Waals surface area contributed by atoms with Gasteiger partial charge >= 0.3 is 5.97 Å². The average Bonchev–Trinajstić information content (AvgIpc) is 3.52. The van der Waals surface area contributed by atoms with Gasteiger partial charge in [0.2, 0.25) is 5.60 Å². The largest absolute Gasteiger partial charge is 0.543 e. The van der Waals surface area contributed by atoms with Crippen molar-refractivity contribution in [2.24, 2.45) is 5.16 Å². The minimum atomic E-state index is -1.76. The number of anilines is 1. The molecule has 4 N–H and O–H groups in total. The first-order chi connectivity index (χ1) is 19.4. The Morgan fingerprint density at radius 2 is 2.12 bits per heavy atom. The Morgan fingerprint density at radius 1 is 1.37 bits per heavy atom. The van der Waals surface area contributed by atoms with Crippen LogP contribution in [0.4, 0.5) is 5.13 Å². The predicted molar refractivity (Wildman–Crippen MR) is 145 cm³/mol. The van der Waals surface area contributed by atoms with Crippen LogP contribution in [0.15, 0.2) is 52.5 Å². The van der Waals surface area contributed by atoms with E-state index < -0.39 is 40.8 Å². The van der Waals surface area contributed by atoms with Gasteiger partial charge in [-0.2, -0.15) is 0 Å². The van der Waals surface area contributed by atoms with E-state index in [0.717, 1.165) is 27.4 Å². The van der Waals surface area contributed by atoms with E-state index >= 15 is 0 Å². The topological polar surface area (TPSA) is 196 Å². The van der Waals surface area contributed by atoms with Gasteiger partial charge in [0.25, 0.3) is 17.5 Å². The highest BCUT2D eigenvalue weighted by Gasteiger charge is 2.53. The maximum atomic E-state index is 13.2. The van der Waals surface area contributed by atoms with Gasteiger partial charge < -0.3 is 30.9 Å². The molecule has 3 aromatic heterocycles. The summed E-state index contributed by atoms with van der Waals surface area (Å²) in [6.07, 6.45) is 5.63. The molecule has 16 heteroatoms. The van der Waals surface area contributed by atoms with Gasteiger partial charge in [0, 0.05) is 22.8 Å². The maximum absolute atomic E-state index is 13.2. The van der Waals surface area contributed by atoms with E-state index in [-0.39, 0.29) is 34.5 Å². The molecule has 3 aromatic rings. The number of thiazole rings is 1. The highest BCUT2D eigenvalue weighted by molar-refractivity contribution is 8.00. The van der Waals surface area contributed by atoms with E-state index in [4.69, 9.17) is 10.6 Å². The number of oxime groups is 1. The van der Waals surface area contributed by atoms with Crippen molar-refractivity contribution >= 4 is 63.3 Å². The fraction of sp³-hybridized carbons (Fsp3) is 0.320. The number of imidazole rings is 1. The SMILES string of the molecule is Cc1ccc2n(cc[n+]2CC2=C(C(=O)[O-])N3C(=O)[C@@H](NC(=O)/C(=N\OC(C)(C)C(=O)O)c4csc(N)n4)[C@H]3SC2)c1. The number of carbonyl (C=O) groups excluding carboxylic acids is 3. The summed E-state index contributed by atoms with van der Waals surface area (Å²) in [6.45, 7) is 4.69. The van der Waals surface area contributed by atoms with Crippen LogP contribution in [0.5, 0.6) is 0 Å². The third-order valence-electron chi connectivity index (χ3n) is 6.55. The monoisotopic (exact) mass is 599 g/mol. The minimum Gasteiger partial charge on any atom is -0.543 e. The second kappa shape index (κ2) is 10.5. The number of aryl methyl sites for hydroxylation is 1. The number of rotatable bonds is 9. The molecule has 2 aliphatic heterocycles. The molecule has 0 bridgehead atoms. The first-order valence-electron chi connectivity index (χ1n) is 12.2.